The largest absolute Gasteiger partial charge is 0.480 e. The Morgan fingerprint density at radius 3 is 2.53 bits per heavy atom. The van der Waals surface area contributed by atoms with Gasteiger partial charge in [0, 0.05) is 12.1 Å². The molecule has 0 heterocycles. The number of carbonyl (C=O) groups excluding carboxylic acids is 1. The Morgan fingerprint density at radius 1 is 1.47 bits per heavy atom. The van der Waals surface area contributed by atoms with Crippen LogP contribution < -0.4 is 10.6 Å². The van der Waals surface area contributed by atoms with E-state index in [0.717, 1.165) is 0 Å². The molecule has 3 N–H and O–H groups in total. The van der Waals surface area contributed by atoms with Gasteiger partial charge in [-0.25, -0.2) is 0 Å². The van der Waals surface area contributed by atoms with Crippen LogP contribution in [0.4, 0.5) is 5.69 Å². The third-order valence-corrected chi connectivity index (χ3v) is 2.58. The number of carboxylic acid groups (broad SMARTS) is 1. The molecule has 0 saturated carbocycles. The van der Waals surface area contributed by atoms with Gasteiger partial charge in [-0.05, 0) is 25.1 Å². The summed E-state index contributed by atoms with van der Waals surface area (Å²) in [4.78, 5) is 23.2. The predicted molar refractivity (Wildman–Crippen MR) is 65.5 cm³/mol. The smallest absolute Gasteiger partial charge is 0.323 e. The summed E-state index contributed by atoms with van der Waals surface area (Å²) in [6, 6.07) is 4.55. The van der Waals surface area contributed by atoms with Crippen molar-refractivity contribution in [1.29, 1.82) is 0 Å². The van der Waals surface area contributed by atoms with Crippen molar-refractivity contribution >= 4 is 29.2 Å². The Kier molecular flexibility index (Phi) is 4.34. The normalized spacial score (nSPS) is 10.0. The molecule has 0 atom stereocenters. The molecule has 0 bridgehead atoms. The molecule has 0 fully saturated rings. The fourth-order valence-electron chi connectivity index (χ4n) is 1.45. The van der Waals surface area contributed by atoms with Gasteiger partial charge in [0.15, 0.2) is 0 Å². The molecule has 1 rings (SSSR count). The second-order valence-electron chi connectivity index (χ2n) is 3.44. The highest BCUT2D eigenvalue weighted by Crippen LogP contribution is 2.26. The number of primary amides is 1. The highest BCUT2D eigenvalue weighted by molar-refractivity contribution is 6.33. The summed E-state index contributed by atoms with van der Waals surface area (Å²) < 4.78 is 0. The SMILES string of the molecule is CCN(CC(=O)O)c1ccc(C(N)=O)cc1Cl. The Morgan fingerprint density at radius 2 is 2.12 bits per heavy atom. The van der Waals surface area contributed by atoms with E-state index in [9.17, 15) is 9.59 Å². The van der Waals surface area contributed by atoms with E-state index < -0.39 is 11.9 Å². The van der Waals surface area contributed by atoms with Gasteiger partial charge in [-0.3, -0.25) is 9.59 Å². The highest BCUT2D eigenvalue weighted by atomic mass is 35.5. The van der Waals surface area contributed by atoms with Crippen LogP contribution in [-0.4, -0.2) is 30.1 Å². The average molecular weight is 257 g/mol. The van der Waals surface area contributed by atoms with E-state index in [2.05, 4.69) is 0 Å². The van der Waals surface area contributed by atoms with E-state index in [1.165, 1.54) is 12.1 Å². The minimum Gasteiger partial charge on any atom is -0.480 e. The molecular weight excluding hydrogens is 244 g/mol. The first-order valence-electron chi connectivity index (χ1n) is 5.01. The molecule has 0 spiro atoms. The number of aliphatic carboxylic acids is 1. The van der Waals surface area contributed by atoms with Gasteiger partial charge in [-0.15, -0.1) is 0 Å². The van der Waals surface area contributed by atoms with Crippen LogP contribution in [0, 0.1) is 0 Å². The lowest BCUT2D eigenvalue weighted by Gasteiger charge is -2.22. The van der Waals surface area contributed by atoms with Crippen molar-refractivity contribution in [1.82, 2.24) is 0 Å². The Labute approximate surface area is 104 Å². The molecule has 0 radical (unpaired) electrons. The van der Waals surface area contributed by atoms with E-state index in [1.54, 1.807) is 11.0 Å². The van der Waals surface area contributed by atoms with Gasteiger partial charge in [0.2, 0.25) is 5.91 Å². The number of carbonyl (C=O) groups is 2. The number of amides is 1. The fraction of sp³-hybridized carbons (Fsp3) is 0.273. The molecule has 0 unspecified atom stereocenters. The molecule has 5 nitrogen and oxygen atoms in total. The summed E-state index contributed by atoms with van der Waals surface area (Å²) in [6.07, 6.45) is 0. The van der Waals surface area contributed by atoms with Gasteiger partial charge < -0.3 is 15.7 Å². The fourth-order valence-corrected chi connectivity index (χ4v) is 1.75. The predicted octanol–water partition coefficient (Wildman–Crippen LogP) is 1.35. The minimum atomic E-state index is -0.943. The molecule has 0 aliphatic heterocycles. The van der Waals surface area contributed by atoms with E-state index in [-0.39, 0.29) is 6.54 Å². The second kappa shape index (κ2) is 5.54. The Balaban J connectivity index is 3.04. The van der Waals surface area contributed by atoms with Crippen LogP contribution in [0.15, 0.2) is 18.2 Å². The number of carboxylic acids is 1. The number of nitrogens with zero attached hydrogens (tertiary/aromatic N) is 1. The number of likely N-dealkylation sites (N-methyl/N-ethyl adjacent to an activating group) is 1. The number of hydrogen-bond donors (Lipinski definition) is 2. The maximum absolute atomic E-state index is 10.9. The standard InChI is InChI=1S/C11H13ClN2O3/c1-2-14(6-10(15)16)9-4-3-7(11(13)17)5-8(9)12/h3-5H,2,6H2,1H3,(H2,13,17)(H,15,16). The van der Waals surface area contributed by atoms with Crippen molar-refractivity contribution in [3.05, 3.63) is 28.8 Å². The molecular formula is C11H13ClN2O3. The number of nitrogens with two attached hydrogens (primary N) is 1. The number of rotatable bonds is 5. The van der Waals surface area contributed by atoms with Gasteiger partial charge in [0.1, 0.15) is 6.54 Å². The van der Waals surface area contributed by atoms with Crippen LogP contribution in [0.5, 0.6) is 0 Å². The van der Waals surface area contributed by atoms with Crippen LogP contribution in [0.3, 0.4) is 0 Å². The lowest BCUT2D eigenvalue weighted by atomic mass is 10.2. The number of benzene rings is 1. The third kappa shape index (κ3) is 3.35. The van der Waals surface area contributed by atoms with Crippen molar-refractivity contribution in [2.45, 2.75) is 6.92 Å². The van der Waals surface area contributed by atoms with Crippen molar-refractivity contribution in [3.8, 4) is 0 Å². The topological polar surface area (TPSA) is 83.6 Å². The van der Waals surface area contributed by atoms with E-state index in [0.29, 0.717) is 22.8 Å². The van der Waals surface area contributed by atoms with E-state index >= 15 is 0 Å². The number of halogens is 1. The minimum absolute atomic E-state index is 0.147. The monoisotopic (exact) mass is 256 g/mol. The maximum atomic E-state index is 10.9. The third-order valence-electron chi connectivity index (χ3n) is 2.28. The van der Waals surface area contributed by atoms with Crippen molar-refractivity contribution in [2.24, 2.45) is 5.73 Å². The van der Waals surface area contributed by atoms with Gasteiger partial charge in [0.25, 0.3) is 0 Å². The quantitative estimate of drug-likeness (QED) is 0.833. The molecule has 0 aliphatic carbocycles. The first-order valence-corrected chi connectivity index (χ1v) is 5.39. The molecule has 0 aromatic heterocycles. The summed E-state index contributed by atoms with van der Waals surface area (Å²) >= 11 is 5.99. The van der Waals surface area contributed by atoms with Crippen LogP contribution in [0.25, 0.3) is 0 Å². The van der Waals surface area contributed by atoms with Gasteiger partial charge in [-0.1, -0.05) is 11.6 Å². The number of anilines is 1. The zero-order valence-corrected chi connectivity index (χ0v) is 10.1. The molecule has 1 amide bonds. The summed E-state index contributed by atoms with van der Waals surface area (Å²) in [5.74, 6) is -1.51. The van der Waals surface area contributed by atoms with E-state index in [4.69, 9.17) is 22.4 Å². The second-order valence-corrected chi connectivity index (χ2v) is 3.85. The number of hydrogen-bond acceptors (Lipinski definition) is 3. The maximum Gasteiger partial charge on any atom is 0.323 e. The highest BCUT2D eigenvalue weighted by Gasteiger charge is 2.13. The zero-order chi connectivity index (χ0) is 13.0. The van der Waals surface area contributed by atoms with Crippen LogP contribution in [-0.2, 0) is 4.79 Å². The molecule has 0 saturated heterocycles. The van der Waals surface area contributed by atoms with Gasteiger partial charge >= 0.3 is 5.97 Å². The average Bonchev–Trinajstić information content (AvgIpc) is 2.25. The molecule has 1 aromatic rings. The molecule has 6 heteroatoms. The van der Waals surface area contributed by atoms with Gasteiger partial charge in [0.05, 0.1) is 10.7 Å². The van der Waals surface area contributed by atoms with Crippen LogP contribution in [0.2, 0.25) is 5.02 Å². The Hall–Kier alpha value is -1.75. The van der Waals surface area contributed by atoms with Gasteiger partial charge in [-0.2, -0.15) is 0 Å². The van der Waals surface area contributed by atoms with Crippen molar-refractivity contribution in [2.75, 3.05) is 18.0 Å². The summed E-state index contributed by atoms with van der Waals surface area (Å²) in [7, 11) is 0. The van der Waals surface area contributed by atoms with Crippen molar-refractivity contribution in [3.63, 3.8) is 0 Å². The summed E-state index contributed by atoms with van der Waals surface area (Å²) in [5.41, 5.74) is 5.98. The summed E-state index contributed by atoms with van der Waals surface area (Å²) in [6.45, 7) is 2.18. The zero-order valence-electron chi connectivity index (χ0n) is 9.31. The lowest BCUT2D eigenvalue weighted by molar-refractivity contribution is -0.135. The van der Waals surface area contributed by atoms with Crippen LogP contribution in [0.1, 0.15) is 17.3 Å². The first kappa shape index (κ1) is 13.3. The first-order chi connectivity index (χ1) is 7.95. The molecule has 1 aromatic carbocycles. The summed E-state index contributed by atoms with van der Waals surface area (Å²) in [5, 5.41) is 9.06. The van der Waals surface area contributed by atoms with Crippen molar-refractivity contribution < 1.29 is 14.7 Å². The van der Waals surface area contributed by atoms with Crippen LogP contribution >= 0.6 is 11.6 Å². The molecule has 0 aliphatic rings. The Bertz CT molecular complexity index is 448. The lowest BCUT2D eigenvalue weighted by Crippen LogP contribution is -2.29. The van der Waals surface area contributed by atoms with E-state index in [1.807, 2.05) is 6.92 Å². The molecule has 92 valence electrons. The molecule has 17 heavy (non-hydrogen) atoms.